The Kier molecular flexibility index (Phi) is 7.75. The van der Waals surface area contributed by atoms with Gasteiger partial charge in [0.2, 0.25) is 0 Å². The predicted octanol–water partition coefficient (Wildman–Crippen LogP) is 4.46. The molecule has 0 aliphatic rings. The van der Waals surface area contributed by atoms with Gasteiger partial charge in [-0.25, -0.2) is 0 Å². The standard InChI is InChI=1S/C20H26BrNO3/c1-4-24-19-11-15(10-17(21)20(19)25-14(2)3)12-22-13-18(23)16-8-6-5-7-9-16/h5-11,14,18,22-23H,4,12-13H2,1-3H3/t18-/m0/s1. The number of hydrogen-bond acceptors (Lipinski definition) is 4. The minimum atomic E-state index is -0.528. The Morgan fingerprint density at radius 3 is 2.52 bits per heavy atom. The maximum atomic E-state index is 10.2. The van der Waals surface area contributed by atoms with Crippen molar-refractivity contribution < 1.29 is 14.6 Å². The Bertz CT molecular complexity index is 661. The van der Waals surface area contributed by atoms with Crippen LogP contribution in [0.5, 0.6) is 11.5 Å². The van der Waals surface area contributed by atoms with Crippen molar-refractivity contribution in [3.63, 3.8) is 0 Å². The molecule has 0 heterocycles. The molecule has 2 N–H and O–H groups in total. The molecule has 0 aliphatic carbocycles. The van der Waals surface area contributed by atoms with Gasteiger partial charge < -0.3 is 19.9 Å². The molecule has 0 bridgehead atoms. The molecule has 0 spiro atoms. The van der Waals surface area contributed by atoms with Crippen molar-refractivity contribution in [2.45, 2.75) is 39.5 Å². The topological polar surface area (TPSA) is 50.7 Å². The normalized spacial score (nSPS) is 12.2. The van der Waals surface area contributed by atoms with Gasteiger partial charge in [-0.05, 0) is 60.0 Å². The third kappa shape index (κ3) is 6.03. The Balaban J connectivity index is 2.02. The molecule has 0 unspecified atom stereocenters. The number of rotatable bonds is 9. The first-order valence-corrected chi connectivity index (χ1v) is 9.36. The third-order valence-corrected chi connectivity index (χ3v) is 4.16. The van der Waals surface area contributed by atoms with Crippen molar-refractivity contribution in [2.75, 3.05) is 13.2 Å². The molecule has 136 valence electrons. The van der Waals surface area contributed by atoms with Crippen LogP contribution in [-0.4, -0.2) is 24.4 Å². The summed E-state index contributed by atoms with van der Waals surface area (Å²) in [4.78, 5) is 0. The van der Waals surface area contributed by atoms with Crippen LogP contribution in [0.25, 0.3) is 0 Å². The molecule has 0 radical (unpaired) electrons. The number of halogens is 1. The molecule has 4 nitrogen and oxygen atoms in total. The number of aliphatic hydroxyl groups excluding tert-OH is 1. The van der Waals surface area contributed by atoms with Crippen LogP contribution in [0.4, 0.5) is 0 Å². The first kappa shape index (κ1) is 19.8. The number of benzene rings is 2. The van der Waals surface area contributed by atoms with E-state index in [4.69, 9.17) is 9.47 Å². The van der Waals surface area contributed by atoms with Gasteiger partial charge in [0.1, 0.15) is 0 Å². The van der Waals surface area contributed by atoms with Crippen LogP contribution in [-0.2, 0) is 6.54 Å². The van der Waals surface area contributed by atoms with Crippen molar-refractivity contribution >= 4 is 15.9 Å². The zero-order valence-electron chi connectivity index (χ0n) is 15.0. The highest BCUT2D eigenvalue weighted by atomic mass is 79.9. The van der Waals surface area contributed by atoms with E-state index in [0.29, 0.717) is 19.7 Å². The third-order valence-electron chi connectivity index (χ3n) is 3.57. The van der Waals surface area contributed by atoms with E-state index in [1.54, 1.807) is 0 Å². The monoisotopic (exact) mass is 407 g/mol. The van der Waals surface area contributed by atoms with Crippen molar-refractivity contribution in [3.05, 3.63) is 58.1 Å². The SMILES string of the molecule is CCOc1cc(CNC[C@H](O)c2ccccc2)cc(Br)c1OC(C)C. The highest BCUT2D eigenvalue weighted by Gasteiger charge is 2.14. The molecule has 0 fully saturated rings. The van der Waals surface area contributed by atoms with E-state index in [0.717, 1.165) is 27.1 Å². The molecule has 0 amide bonds. The van der Waals surface area contributed by atoms with Crippen LogP contribution in [0.15, 0.2) is 46.9 Å². The fourth-order valence-electron chi connectivity index (χ4n) is 2.48. The molecule has 0 saturated heterocycles. The smallest absolute Gasteiger partial charge is 0.175 e. The van der Waals surface area contributed by atoms with Crippen LogP contribution >= 0.6 is 15.9 Å². The summed E-state index contributed by atoms with van der Waals surface area (Å²) >= 11 is 3.57. The summed E-state index contributed by atoms with van der Waals surface area (Å²) in [6.07, 6.45) is -0.458. The van der Waals surface area contributed by atoms with E-state index in [1.165, 1.54) is 0 Å². The van der Waals surface area contributed by atoms with Crippen LogP contribution in [0.2, 0.25) is 0 Å². The van der Waals surface area contributed by atoms with Crippen molar-refractivity contribution in [3.8, 4) is 11.5 Å². The van der Waals surface area contributed by atoms with E-state index in [2.05, 4.69) is 21.2 Å². The highest BCUT2D eigenvalue weighted by molar-refractivity contribution is 9.10. The molecule has 2 rings (SSSR count). The van der Waals surface area contributed by atoms with Gasteiger partial charge in [0.15, 0.2) is 11.5 Å². The average Bonchev–Trinajstić information content (AvgIpc) is 2.58. The van der Waals surface area contributed by atoms with Gasteiger partial charge in [-0.3, -0.25) is 0 Å². The van der Waals surface area contributed by atoms with E-state index in [1.807, 2.05) is 63.2 Å². The van der Waals surface area contributed by atoms with Gasteiger partial charge in [0.25, 0.3) is 0 Å². The van der Waals surface area contributed by atoms with E-state index < -0.39 is 6.10 Å². The van der Waals surface area contributed by atoms with Gasteiger partial charge in [-0.1, -0.05) is 30.3 Å². The summed E-state index contributed by atoms with van der Waals surface area (Å²) in [5.74, 6) is 1.45. The largest absolute Gasteiger partial charge is 0.490 e. The lowest BCUT2D eigenvalue weighted by Crippen LogP contribution is -2.21. The molecule has 5 heteroatoms. The van der Waals surface area contributed by atoms with E-state index >= 15 is 0 Å². The summed E-state index contributed by atoms with van der Waals surface area (Å²) < 4.78 is 12.4. The van der Waals surface area contributed by atoms with Gasteiger partial charge in [0.05, 0.1) is 23.3 Å². The molecule has 2 aromatic carbocycles. The summed E-state index contributed by atoms with van der Waals surface area (Å²) in [5, 5.41) is 13.5. The second kappa shape index (κ2) is 9.80. The Hall–Kier alpha value is -1.56. The second-order valence-electron chi connectivity index (χ2n) is 6.06. The average molecular weight is 408 g/mol. The molecule has 0 saturated carbocycles. The summed E-state index contributed by atoms with van der Waals surface area (Å²) in [7, 11) is 0. The first-order chi connectivity index (χ1) is 12.0. The molecular weight excluding hydrogens is 382 g/mol. The summed E-state index contributed by atoms with van der Waals surface area (Å²) in [5.41, 5.74) is 1.97. The summed E-state index contributed by atoms with van der Waals surface area (Å²) in [6.45, 7) is 7.62. The quantitative estimate of drug-likeness (QED) is 0.644. The van der Waals surface area contributed by atoms with E-state index in [-0.39, 0.29) is 6.10 Å². The number of nitrogens with one attached hydrogen (secondary N) is 1. The molecule has 2 aromatic rings. The fraction of sp³-hybridized carbons (Fsp3) is 0.400. The lowest BCUT2D eigenvalue weighted by atomic mass is 10.1. The van der Waals surface area contributed by atoms with E-state index in [9.17, 15) is 5.11 Å². The Morgan fingerprint density at radius 1 is 1.16 bits per heavy atom. The minimum absolute atomic E-state index is 0.0699. The fourth-order valence-corrected chi connectivity index (χ4v) is 3.07. The lowest BCUT2D eigenvalue weighted by molar-refractivity contribution is 0.174. The Morgan fingerprint density at radius 2 is 1.88 bits per heavy atom. The number of hydrogen-bond donors (Lipinski definition) is 2. The molecular formula is C20H26BrNO3. The van der Waals surface area contributed by atoms with Crippen LogP contribution in [0, 0.1) is 0 Å². The molecule has 1 atom stereocenters. The van der Waals surface area contributed by atoms with Crippen molar-refractivity contribution in [1.29, 1.82) is 0 Å². The van der Waals surface area contributed by atoms with Gasteiger partial charge in [-0.2, -0.15) is 0 Å². The lowest BCUT2D eigenvalue weighted by Gasteiger charge is -2.18. The van der Waals surface area contributed by atoms with Crippen molar-refractivity contribution in [2.24, 2.45) is 0 Å². The maximum absolute atomic E-state index is 10.2. The van der Waals surface area contributed by atoms with Crippen LogP contribution in [0.1, 0.15) is 38.0 Å². The Labute approximate surface area is 158 Å². The molecule has 25 heavy (non-hydrogen) atoms. The first-order valence-electron chi connectivity index (χ1n) is 8.56. The predicted molar refractivity (Wildman–Crippen MR) is 104 cm³/mol. The maximum Gasteiger partial charge on any atom is 0.175 e. The zero-order valence-corrected chi connectivity index (χ0v) is 16.5. The van der Waals surface area contributed by atoms with Crippen LogP contribution in [0.3, 0.4) is 0 Å². The second-order valence-corrected chi connectivity index (χ2v) is 6.92. The number of aliphatic hydroxyl groups is 1. The zero-order chi connectivity index (χ0) is 18.2. The molecule has 0 aromatic heterocycles. The highest BCUT2D eigenvalue weighted by Crippen LogP contribution is 2.37. The van der Waals surface area contributed by atoms with Gasteiger partial charge in [0, 0.05) is 13.1 Å². The van der Waals surface area contributed by atoms with Crippen molar-refractivity contribution in [1.82, 2.24) is 5.32 Å². The van der Waals surface area contributed by atoms with Gasteiger partial charge in [-0.15, -0.1) is 0 Å². The van der Waals surface area contributed by atoms with Crippen LogP contribution < -0.4 is 14.8 Å². The minimum Gasteiger partial charge on any atom is -0.490 e. The molecule has 0 aliphatic heterocycles. The number of ether oxygens (including phenoxy) is 2. The van der Waals surface area contributed by atoms with Gasteiger partial charge >= 0.3 is 0 Å². The summed E-state index contributed by atoms with van der Waals surface area (Å²) in [6, 6.07) is 13.6.